The summed E-state index contributed by atoms with van der Waals surface area (Å²) in [6.45, 7) is 3.40. The van der Waals surface area contributed by atoms with Crippen LogP contribution >= 0.6 is 0 Å². The van der Waals surface area contributed by atoms with Crippen LogP contribution in [0.1, 0.15) is 35.3 Å². The molecule has 2 N–H and O–H groups in total. The van der Waals surface area contributed by atoms with E-state index in [2.05, 4.69) is 9.88 Å². The largest absolute Gasteiger partial charge is 0.393 e. The number of aromatic amines is 1. The Hall–Kier alpha value is -2.43. The number of Topliss-reactive ketones (excluding diaryl/α,β-unsaturated/α-hetero) is 1. The molecule has 3 atom stereocenters. The van der Waals surface area contributed by atoms with E-state index in [9.17, 15) is 9.90 Å². The Morgan fingerprint density at radius 3 is 2.62 bits per heavy atom. The summed E-state index contributed by atoms with van der Waals surface area (Å²) >= 11 is 0. The normalized spacial score (nSPS) is 20.3. The van der Waals surface area contributed by atoms with Gasteiger partial charge >= 0.3 is 0 Å². The van der Waals surface area contributed by atoms with Crippen LogP contribution in [0.3, 0.4) is 0 Å². The predicted molar refractivity (Wildman–Crippen MR) is 103 cm³/mol. The Bertz CT molecular complexity index is 901. The molecule has 4 heteroatoms. The summed E-state index contributed by atoms with van der Waals surface area (Å²) in [6, 6.07) is 17.6. The number of fused-ring (bicyclic) bond motifs is 1. The van der Waals surface area contributed by atoms with Gasteiger partial charge in [0.15, 0.2) is 5.78 Å². The van der Waals surface area contributed by atoms with Gasteiger partial charge in [-0.3, -0.25) is 9.69 Å². The van der Waals surface area contributed by atoms with Crippen molar-refractivity contribution < 1.29 is 9.90 Å². The van der Waals surface area contributed by atoms with Crippen molar-refractivity contribution in [3.05, 3.63) is 71.9 Å². The summed E-state index contributed by atoms with van der Waals surface area (Å²) in [4.78, 5) is 19.0. The number of hydrogen-bond donors (Lipinski definition) is 2. The highest BCUT2D eigenvalue weighted by Crippen LogP contribution is 2.33. The fourth-order valence-corrected chi connectivity index (χ4v) is 4.03. The van der Waals surface area contributed by atoms with Gasteiger partial charge in [0, 0.05) is 29.2 Å². The molecule has 1 fully saturated rings. The molecule has 1 aliphatic rings. The second-order valence-corrected chi connectivity index (χ2v) is 7.21. The lowest BCUT2D eigenvalue weighted by Gasteiger charge is -2.27. The minimum Gasteiger partial charge on any atom is -0.393 e. The van der Waals surface area contributed by atoms with Crippen molar-refractivity contribution in [2.75, 3.05) is 13.1 Å². The quantitative estimate of drug-likeness (QED) is 0.690. The number of rotatable bonds is 5. The predicted octanol–water partition coefficient (Wildman–Crippen LogP) is 3.79. The lowest BCUT2D eigenvalue weighted by Crippen LogP contribution is -2.33. The molecular formula is C22H24N2O2. The van der Waals surface area contributed by atoms with Gasteiger partial charge in [0.25, 0.3) is 0 Å². The molecule has 4 rings (SSSR count). The molecule has 3 aromatic rings. The number of aliphatic hydroxyl groups excluding tert-OH is 1. The van der Waals surface area contributed by atoms with Gasteiger partial charge in [0.2, 0.25) is 0 Å². The fourth-order valence-electron chi connectivity index (χ4n) is 4.03. The summed E-state index contributed by atoms with van der Waals surface area (Å²) in [6.07, 6.45) is 2.40. The molecular weight excluding hydrogens is 324 g/mol. The number of likely N-dealkylation sites (tertiary alicyclic amines) is 1. The first kappa shape index (κ1) is 17.0. The Kier molecular flexibility index (Phi) is 4.62. The third kappa shape index (κ3) is 3.06. The molecule has 1 aromatic heterocycles. The molecule has 1 saturated heterocycles. The number of carbonyl (C=O) groups is 1. The lowest BCUT2D eigenvalue weighted by atomic mass is 9.95. The maximum atomic E-state index is 13.6. The SMILES string of the molecule is CC(O)C1CCN(C(C(=O)c2c[nH]c3ccccc23)c2ccccc2)C1. The van der Waals surface area contributed by atoms with Crippen molar-refractivity contribution in [3.63, 3.8) is 0 Å². The van der Waals surface area contributed by atoms with Gasteiger partial charge < -0.3 is 10.1 Å². The van der Waals surface area contributed by atoms with Crippen molar-refractivity contribution in [2.45, 2.75) is 25.5 Å². The number of ketones is 1. The lowest BCUT2D eigenvalue weighted by molar-refractivity contribution is 0.0817. The topological polar surface area (TPSA) is 56.3 Å². The molecule has 4 nitrogen and oxygen atoms in total. The Morgan fingerprint density at radius 2 is 1.88 bits per heavy atom. The summed E-state index contributed by atoms with van der Waals surface area (Å²) in [5.74, 6) is 0.330. The molecule has 0 saturated carbocycles. The Labute approximate surface area is 153 Å². The van der Waals surface area contributed by atoms with E-state index in [0.717, 1.165) is 41.5 Å². The van der Waals surface area contributed by atoms with Crippen LogP contribution in [0.4, 0.5) is 0 Å². The molecule has 134 valence electrons. The molecule has 0 radical (unpaired) electrons. The van der Waals surface area contributed by atoms with Crippen LogP contribution in [0, 0.1) is 5.92 Å². The first-order chi connectivity index (χ1) is 12.6. The molecule has 0 spiro atoms. The van der Waals surface area contributed by atoms with Gasteiger partial charge in [-0.05, 0) is 37.4 Å². The zero-order chi connectivity index (χ0) is 18.1. The summed E-state index contributed by atoms with van der Waals surface area (Å²) < 4.78 is 0. The van der Waals surface area contributed by atoms with E-state index in [1.165, 1.54) is 0 Å². The van der Waals surface area contributed by atoms with Crippen LogP contribution in [0.15, 0.2) is 60.8 Å². The zero-order valence-electron chi connectivity index (χ0n) is 14.9. The zero-order valence-corrected chi connectivity index (χ0v) is 14.9. The van der Waals surface area contributed by atoms with Crippen LogP contribution in [-0.2, 0) is 0 Å². The maximum absolute atomic E-state index is 13.6. The van der Waals surface area contributed by atoms with E-state index in [-0.39, 0.29) is 23.8 Å². The number of aromatic nitrogens is 1. The van der Waals surface area contributed by atoms with Gasteiger partial charge in [-0.15, -0.1) is 0 Å². The van der Waals surface area contributed by atoms with Crippen molar-refractivity contribution in [2.24, 2.45) is 5.92 Å². The molecule has 2 heterocycles. The van der Waals surface area contributed by atoms with Crippen LogP contribution in [0.5, 0.6) is 0 Å². The summed E-state index contributed by atoms with van der Waals surface area (Å²) in [5.41, 5.74) is 2.72. The van der Waals surface area contributed by atoms with Gasteiger partial charge in [-0.1, -0.05) is 48.5 Å². The van der Waals surface area contributed by atoms with Gasteiger partial charge in [0.1, 0.15) is 0 Å². The molecule has 0 aliphatic carbocycles. The molecule has 0 bridgehead atoms. The first-order valence-corrected chi connectivity index (χ1v) is 9.22. The van der Waals surface area contributed by atoms with E-state index in [1.54, 1.807) is 0 Å². The molecule has 1 aliphatic heterocycles. The summed E-state index contributed by atoms with van der Waals surface area (Å²) in [5, 5.41) is 10.9. The minimum atomic E-state index is -0.348. The number of carbonyl (C=O) groups excluding carboxylic acids is 1. The van der Waals surface area contributed by atoms with Crippen molar-refractivity contribution in [3.8, 4) is 0 Å². The van der Waals surface area contributed by atoms with E-state index in [0.29, 0.717) is 0 Å². The highest BCUT2D eigenvalue weighted by molar-refractivity contribution is 6.10. The van der Waals surface area contributed by atoms with E-state index < -0.39 is 0 Å². The minimum absolute atomic E-state index is 0.111. The smallest absolute Gasteiger partial charge is 0.186 e. The van der Waals surface area contributed by atoms with Crippen LogP contribution in [-0.4, -0.2) is 40.0 Å². The first-order valence-electron chi connectivity index (χ1n) is 9.22. The van der Waals surface area contributed by atoms with Gasteiger partial charge in [-0.2, -0.15) is 0 Å². The number of nitrogens with one attached hydrogen (secondary N) is 1. The average Bonchev–Trinajstić information content (AvgIpc) is 3.30. The number of nitrogens with zero attached hydrogens (tertiary/aromatic N) is 1. The van der Waals surface area contributed by atoms with Crippen LogP contribution < -0.4 is 0 Å². The Morgan fingerprint density at radius 1 is 1.15 bits per heavy atom. The van der Waals surface area contributed by atoms with E-state index >= 15 is 0 Å². The highest BCUT2D eigenvalue weighted by Gasteiger charge is 2.36. The third-order valence-electron chi connectivity index (χ3n) is 5.52. The number of benzene rings is 2. The number of para-hydroxylation sites is 1. The van der Waals surface area contributed by atoms with Crippen molar-refractivity contribution >= 4 is 16.7 Å². The number of hydrogen-bond acceptors (Lipinski definition) is 3. The molecule has 2 aromatic carbocycles. The molecule has 26 heavy (non-hydrogen) atoms. The van der Waals surface area contributed by atoms with Crippen LogP contribution in [0.25, 0.3) is 10.9 Å². The van der Waals surface area contributed by atoms with E-state index in [4.69, 9.17) is 0 Å². The number of H-pyrrole nitrogens is 1. The number of aliphatic hydroxyl groups is 1. The average molecular weight is 348 g/mol. The van der Waals surface area contributed by atoms with E-state index in [1.807, 2.05) is 67.7 Å². The Balaban J connectivity index is 1.72. The second-order valence-electron chi connectivity index (χ2n) is 7.21. The highest BCUT2D eigenvalue weighted by atomic mass is 16.3. The van der Waals surface area contributed by atoms with Gasteiger partial charge in [-0.25, -0.2) is 0 Å². The molecule has 3 unspecified atom stereocenters. The fraction of sp³-hybridized carbons (Fsp3) is 0.318. The third-order valence-corrected chi connectivity index (χ3v) is 5.52. The second kappa shape index (κ2) is 7.06. The van der Waals surface area contributed by atoms with Crippen LogP contribution in [0.2, 0.25) is 0 Å². The maximum Gasteiger partial charge on any atom is 0.186 e. The monoisotopic (exact) mass is 348 g/mol. The molecule has 0 amide bonds. The van der Waals surface area contributed by atoms with Gasteiger partial charge in [0.05, 0.1) is 12.1 Å². The van der Waals surface area contributed by atoms with Crippen molar-refractivity contribution in [1.29, 1.82) is 0 Å². The standard InChI is InChI=1S/C22H24N2O2/c1-15(25)17-11-12-24(14-17)21(16-7-3-2-4-8-16)22(26)19-13-23-20-10-6-5-9-18(19)20/h2-10,13,15,17,21,23,25H,11-12,14H2,1H3. The summed E-state index contributed by atoms with van der Waals surface area (Å²) in [7, 11) is 0. The van der Waals surface area contributed by atoms with Crippen molar-refractivity contribution in [1.82, 2.24) is 9.88 Å².